The van der Waals surface area contributed by atoms with Gasteiger partial charge in [0.25, 0.3) is 0 Å². The van der Waals surface area contributed by atoms with Crippen LogP contribution < -0.4 is 10.6 Å². The van der Waals surface area contributed by atoms with Crippen molar-refractivity contribution in [2.45, 2.75) is 25.0 Å². The highest BCUT2D eigenvalue weighted by atomic mass is 19.1. The molecule has 0 radical (unpaired) electrons. The molecule has 2 atom stereocenters. The highest BCUT2D eigenvalue weighted by Gasteiger charge is 2.19. The summed E-state index contributed by atoms with van der Waals surface area (Å²) >= 11 is 0. The average molecular weight is 309 g/mol. The van der Waals surface area contributed by atoms with Crippen LogP contribution in [0.25, 0.3) is 0 Å². The third kappa shape index (κ3) is 4.41. The molecule has 1 fully saturated rings. The number of nitrogens with two attached hydrogens (primary N) is 1. The number of methoxy groups -OCH3 is 1. The highest BCUT2D eigenvalue weighted by Crippen LogP contribution is 2.23. The number of anilines is 1. The fraction of sp³-hybridized carbons (Fsp3) is 0.647. The van der Waals surface area contributed by atoms with Gasteiger partial charge in [0.05, 0.1) is 12.1 Å². The molecule has 124 valence electrons. The normalized spacial score (nSPS) is 18.4. The zero-order valence-corrected chi connectivity index (χ0v) is 13.7. The Labute approximate surface area is 133 Å². The van der Waals surface area contributed by atoms with Gasteiger partial charge in [0, 0.05) is 32.9 Å². The molecule has 5 heteroatoms. The number of rotatable bonds is 8. The molecule has 0 aromatic heterocycles. The first-order valence-electron chi connectivity index (χ1n) is 8.03. The molecule has 0 bridgehead atoms. The second kappa shape index (κ2) is 8.46. The number of halogens is 1. The Bertz CT molecular complexity index is 434. The number of alkyl halides is 1. The predicted octanol–water partition coefficient (Wildman–Crippen LogP) is 2.20. The molecule has 1 saturated heterocycles. The minimum atomic E-state index is -0.622. The van der Waals surface area contributed by atoms with Gasteiger partial charge in [0.1, 0.15) is 6.67 Å². The van der Waals surface area contributed by atoms with Crippen LogP contribution in [-0.2, 0) is 4.74 Å². The lowest BCUT2D eigenvalue weighted by atomic mass is 10.0. The van der Waals surface area contributed by atoms with Crippen molar-refractivity contribution in [1.82, 2.24) is 4.90 Å². The quantitative estimate of drug-likeness (QED) is 0.799. The maximum absolute atomic E-state index is 12.7. The van der Waals surface area contributed by atoms with E-state index in [1.807, 2.05) is 12.1 Å². The van der Waals surface area contributed by atoms with E-state index in [4.69, 9.17) is 10.5 Å². The van der Waals surface area contributed by atoms with Crippen LogP contribution in [0.5, 0.6) is 0 Å². The van der Waals surface area contributed by atoms with E-state index in [2.05, 4.69) is 29.0 Å². The Morgan fingerprint density at radius 2 is 1.91 bits per heavy atom. The summed E-state index contributed by atoms with van der Waals surface area (Å²) in [4.78, 5) is 4.76. The third-order valence-corrected chi connectivity index (χ3v) is 4.43. The summed E-state index contributed by atoms with van der Waals surface area (Å²) in [6.45, 7) is 3.98. The monoisotopic (exact) mass is 309 g/mol. The summed E-state index contributed by atoms with van der Waals surface area (Å²) in [5.74, 6) is 0. The molecule has 0 aliphatic carbocycles. The first-order chi connectivity index (χ1) is 10.7. The Morgan fingerprint density at radius 1 is 1.27 bits per heavy atom. The molecular formula is C17H28FN3O. The summed E-state index contributed by atoms with van der Waals surface area (Å²) in [5.41, 5.74) is 7.84. The lowest BCUT2D eigenvalue weighted by Crippen LogP contribution is -2.32. The number of hydrogen-bond donors (Lipinski definition) is 1. The number of nitrogens with zero attached hydrogens (tertiary/aromatic N) is 2. The van der Waals surface area contributed by atoms with Crippen molar-refractivity contribution >= 4 is 5.69 Å². The first kappa shape index (κ1) is 17.2. The first-order valence-corrected chi connectivity index (χ1v) is 8.03. The van der Waals surface area contributed by atoms with Gasteiger partial charge < -0.3 is 20.3 Å². The van der Waals surface area contributed by atoms with Gasteiger partial charge in [-0.3, -0.25) is 0 Å². The molecule has 2 unspecified atom stereocenters. The third-order valence-electron chi connectivity index (χ3n) is 4.43. The van der Waals surface area contributed by atoms with Crippen molar-refractivity contribution in [2.75, 3.05) is 51.9 Å². The minimum absolute atomic E-state index is 0.394. The molecule has 2 N–H and O–H groups in total. The predicted molar refractivity (Wildman–Crippen MR) is 89.1 cm³/mol. The van der Waals surface area contributed by atoms with Crippen molar-refractivity contribution in [3.8, 4) is 0 Å². The van der Waals surface area contributed by atoms with Gasteiger partial charge in [0.15, 0.2) is 0 Å². The number of likely N-dealkylation sites (tertiary alicyclic amines) is 1. The molecule has 22 heavy (non-hydrogen) atoms. The second-order valence-corrected chi connectivity index (χ2v) is 6.04. The van der Waals surface area contributed by atoms with Gasteiger partial charge in [-0.25, -0.2) is 4.39 Å². The number of hydrogen-bond acceptors (Lipinski definition) is 4. The summed E-state index contributed by atoms with van der Waals surface area (Å²) in [7, 11) is 3.67. The summed E-state index contributed by atoms with van der Waals surface area (Å²) in [6, 6.07) is 7.44. The van der Waals surface area contributed by atoms with Crippen molar-refractivity contribution < 1.29 is 9.13 Å². The lowest BCUT2D eigenvalue weighted by Gasteiger charge is -2.24. The highest BCUT2D eigenvalue weighted by molar-refractivity contribution is 5.47. The Hall–Kier alpha value is -1.17. The van der Waals surface area contributed by atoms with Crippen LogP contribution in [0.3, 0.4) is 0 Å². The zero-order valence-electron chi connectivity index (χ0n) is 13.7. The summed E-state index contributed by atoms with van der Waals surface area (Å²) in [6.07, 6.45) is 2.26. The van der Waals surface area contributed by atoms with Gasteiger partial charge >= 0.3 is 0 Å². The molecule has 1 aromatic rings. The summed E-state index contributed by atoms with van der Waals surface area (Å²) < 4.78 is 18.1. The lowest BCUT2D eigenvalue weighted by molar-refractivity contribution is 0.0721. The van der Waals surface area contributed by atoms with Crippen molar-refractivity contribution in [3.63, 3.8) is 0 Å². The minimum Gasteiger partial charge on any atom is -0.375 e. The van der Waals surface area contributed by atoms with E-state index in [1.165, 1.54) is 25.9 Å². The van der Waals surface area contributed by atoms with E-state index in [0.29, 0.717) is 0 Å². The SMILES string of the molecule is COC(c1ccc(N(C)CCN2CCCC2)cc1)C(N)CF. The Kier molecular flexibility index (Phi) is 6.61. The second-order valence-electron chi connectivity index (χ2n) is 6.04. The van der Waals surface area contributed by atoms with Crippen molar-refractivity contribution in [1.29, 1.82) is 0 Å². The largest absolute Gasteiger partial charge is 0.375 e. The van der Waals surface area contributed by atoms with Crippen molar-refractivity contribution in [2.24, 2.45) is 5.73 Å². The van der Waals surface area contributed by atoms with Crippen LogP contribution in [0, 0.1) is 0 Å². The number of ether oxygens (including phenoxy) is 1. The molecular weight excluding hydrogens is 281 g/mol. The molecule has 1 aromatic carbocycles. The zero-order chi connectivity index (χ0) is 15.9. The van der Waals surface area contributed by atoms with E-state index < -0.39 is 18.8 Å². The molecule has 1 aliphatic heterocycles. The van der Waals surface area contributed by atoms with Crippen molar-refractivity contribution in [3.05, 3.63) is 29.8 Å². The molecule has 1 heterocycles. The van der Waals surface area contributed by atoms with E-state index >= 15 is 0 Å². The summed E-state index contributed by atoms with van der Waals surface area (Å²) in [5, 5.41) is 0. The maximum atomic E-state index is 12.7. The maximum Gasteiger partial charge on any atom is 0.107 e. The van der Waals surface area contributed by atoms with Gasteiger partial charge in [-0.05, 0) is 43.6 Å². The fourth-order valence-electron chi connectivity index (χ4n) is 2.98. The number of likely N-dealkylation sites (N-methyl/N-ethyl adjacent to an activating group) is 1. The number of benzene rings is 1. The Balaban J connectivity index is 1.92. The van der Waals surface area contributed by atoms with Gasteiger partial charge in [-0.1, -0.05) is 12.1 Å². The Morgan fingerprint density at radius 3 is 2.45 bits per heavy atom. The van der Waals surface area contributed by atoms with Crippen LogP contribution in [0.2, 0.25) is 0 Å². The van der Waals surface area contributed by atoms with E-state index in [1.54, 1.807) is 7.11 Å². The average Bonchev–Trinajstić information content (AvgIpc) is 3.07. The smallest absolute Gasteiger partial charge is 0.107 e. The van der Waals surface area contributed by atoms with Crippen LogP contribution >= 0.6 is 0 Å². The van der Waals surface area contributed by atoms with Crippen LogP contribution in [0.1, 0.15) is 24.5 Å². The van der Waals surface area contributed by atoms with Crippen LogP contribution in [0.4, 0.5) is 10.1 Å². The van der Waals surface area contributed by atoms with E-state index in [-0.39, 0.29) is 0 Å². The molecule has 0 amide bonds. The van der Waals surface area contributed by atoms with Gasteiger partial charge in [-0.15, -0.1) is 0 Å². The molecule has 0 spiro atoms. The van der Waals surface area contributed by atoms with Crippen LogP contribution in [-0.4, -0.2) is 58.0 Å². The fourth-order valence-corrected chi connectivity index (χ4v) is 2.98. The topological polar surface area (TPSA) is 41.7 Å². The molecule has 2 rings (SSSR count). The molecule has 1 aliphatic rings. The molecule has 4 nitrogen and oxygen atoms in total. The van der Waals surface area contributed by atoms with Gasteiger partial charge in [-0.2, -0.15) is 0 Å². The van der Waals surface area contributed by atoms with Gasteiger partial charge in [0.2, 0.25) is 0 Å². The molecule has 0 saturated carbocycles. The van der Waals surface area contributed by atoms with E-state index in [0.717, 1.165) is 24.3 Å². The van der Waals surface area contributed by atoms with E-state index in [9.17, 15) is 4.39 Å². The van der Waals surface area contributed by atoms with Crippen LogP contribution in [0.15, 0.2) is 24.3 Å². The standard InChI is InChI=1S/C17H28FN3O/c1-20(11-12-21-9-3-4-10-21)15-7-5-14(6-8-15)17(22-2)16(19)13-18/h5-8,16-17H,3-4,9-13,19H2,1-2H3.